The van der Waals surface area contributed by atoms with Gasteiger partial charge in [0.25, 0.3) is 0 Å². The second kappa shape index (κ2) is 4.92. The van der Waals surface area contributed by atoms with Gasteiger partial charge in [0.1, 0.15) is 11.6 Å². The topological polar surface area (TPSA) is 12.9 Å². The van der Waals surface area contributed by atoms with E-state index in [1.165, 1.54) is 17.0 Å². The van der Waals surface area contributed by atoms with Gasteiger partial charge in [0.2, 0.25) is 0 Å². The molecule has 90 valence electrons. The van der Waals surface area contributed by atoms with E-state index in [9.17, 15) is 8.78 Å². The summed E-state index contributed by atoms with van der Waals surface area (Å²) in [5, 5.41) is 0.860. The maximum Gasteiger partial charge on any atom is 0.129 e. The molecule has 2 rings (SSSR count). The number of nitrogens with zero attached hydrogens (tertiary/aromatic N) is 1. The minimum absolute atomic E-state index is 0.420. The molecule has 1 heterocycles. The lowest BCUT2D eigenvalue weighted by molar-refractivity contribution is 0.574. The summed E-state index contributed by atoms with van der Waals surface area (Å²) >= 11 is 1.58. The fourth-order valence-electron chi connectivity index (χ4n) is 1.50. The summed E-state index contributed by atoms with van der Waals surface area (Å²) in [6.07, 6.45) is 2.25. The Kier molecular flexibility index (Phi) is 3.52. The van der Waals surface area contributed by atoms with Gasteiger partial charge in [-0.05, 0) is 17.5 Å². The SMILES string of the molecule is CC(C)c1cnc(Cc2ccc(F)cc2F)s1. The molecule has 1 aromatic heterocycles. The smallest absolute Gasteiger partial charge is 0.129 e. The van der Waals surface area contributed by atoms with Crippen LogP contribution < -0.4 is 0 Å². The second-order valence-electron chi connectivity index (χ2n) is 4.22. The van der Waals surface area contributed by atoms with Gasteiger partial charge in [-0.25, -0.2) is 13.8 Å². The quantitative estimate of drug-likeness (QED) is 0.801. The zero-order valence-corrected chi connectivity index (χ0v) is 10.5. The maximum atomic E-state index is 13.4. The van der Waals surface area contributed by atoms with Gasteiger partial charge in [-0.15, -0.1) is 11.3 Å². The first-order valence-corrected chi connectivity index (χ1v) is 6.26. The Balaban J connectivity index is 2.19. The van der Waals surface area contributed by atoms with Crippen molar-refractivity contribution in [2.45, 2.75) is 26.2 Å². The molecule has 17 heavy (non-hydrogen) atoms. The highest BCUT2D eigenvalue weighted by molar-refractivity contribution is 7.11. The molecule has 0 saturated carbocycles. The molecule has 0 saturated heterocycles. The summed E-state index contributed by atoms with van der Waals surface area (Å²) in [7, 11) is 0. The molecule has 0 aliphatic carbocycles. The van der Waals surface area contributed by atoms with Crippen molar-refractivity contribution in [1.82, 2.24) is 4.98 Å². The van der Waals surface area contributed by atoms with E-state index < -0.39 is 11.6 Å². The van der Waals surface area contributed by atoms with Gasteiger partial charge in [-0.1, -0.05) is 19.9 Å². The van der Waals surface area contributed by atoms with Crippen LogP contribution in [-0.2, 0) is 6.42 Å². The minimum atomic E-state index is -0.548. The van der Waals surface area contributed by atoms with Crippen molar-refractivity contribution in [3.8, 4) is 0 Å². The highest BCUT2D eigenvalue weighted by Gasteiger charge is 2.09. The molecule has 0 aliphatic rings. The van der Waals surface area contributed by atoms with Gasteiger partial charge in [0.05, 0.1) is 5.01 Å². The van der Waals surface area contributed by atoms with Crippen molar-refractivity contribution in [2.75, 3.05) is 0 Å². The number of hydrogen-bond acceptors (Lipinski definition) is 2. The van der Waals surface area contributed by atoms with E-state index in [0.29, 0.717) is 17.9 Å². The molecule has 0 aliphatic heterocycles. The van der Waals surface area contributed by atoms with Gasteiger partial charge in [0.15, 0.2) is 0 Å². The summed E-state index contributed by atoms with van der Waals surface area (Å²) in [5.74, 6) is -0.626. The molecule has 1 aromatic carbocycles. The molecular weight excluding hydrogens is 240 g/mol. The predicted octanol–water partition coefficient (Wildman–Crippen LogP) is 4.14. The van der Waals surface area contributed by atoms with Crippen LogP contribution in [0.5, 0.6) is 0 Å². The van der Waals surface area contributed by atoms with Gasteiger partial charge in [0, 0.05) is 23.6 Å². The molecule has 0 fully saturated rings. The van der Waals surface area contributed by atoms with Crippen molar-refractivity contribution in [3.63, 3.8) is 0 Å². The van der Waals surface area contributed by atoms with Crippen molar-refractivity contribution in [1.29, 1.82) is 0 Å². The zero-order chi connectivity index (χ0) is 12.4. The zero-order valence-electron chi connectivity index (χ0n) is 9.71. The third kappa shape index (κ3) is 2.88. The average molecular weight is 253 g/mol. The molecule has 0 amide bonds. The molecule has 1 nitrogen and oxygen atoms in total. The number of hydrogen-bond donors (Lipinski definition) is 0. The third-order valence-corrected chi connectivity index (χ3v) is 3.80. The van der Waals surface area contributed by atoms with Gasteiger partial charge in [-0.3, -0.25) is 0 Å². The molecule has 4 heteroatoms. The van der Waals surface area contributed by atoms with E-state index in [1.54, 1.807) is 11.3 Å². The van der Waals surface area contributed by atoms with Crippen LogP contribution in [0, 0.1) is 11.6 Å². The van der Waals surface area contributed by atoms with Crippen LogP contribution in [-0.4, -0.2) is 4.98 Å². The van der Waals surface area contributed by atoms with Crippen molar-refractivity contribution in [3.05, 3.63) is 51.5 Å². The first-order chi connectivity index (χ1) is 8.06. The Morgan fingerprint density at radius 3 is 2.65 bits per heavy atom. The second-order valence-corrected chi connectivity index (χ2v) is 5.37. The largest absolute Gasteiger partial charge is 0.249 e. The van der Waals surface area contributed by atoms with Crippen LogP contribution >= 0.6 is 11.3 Å². The Labute approximate surface area is 103 Å². The molecule has 0 atom stereocenters. The van der Waals surface area contributed by atoms with Crippen LogP contribution in [0.4, 0.5) is 8.78 Å². The summed E-state index contributed by atoms with van der Waals surface area (Å²) in [5.41, 5.74) is 0.482. The average Bonchev–Trinajstić information content (AvgIpc) is 2.71. The molecule has 0 N–H and O–H groups in total. The highest BCUT2D eigenvalue weighted by atomic mass is 32.1. The van der Waals surface area contributed by atoms with E-state index in [0.717, 1.165) is 11.1 Å². The Bertz CT molecular complexity index is 520. The Hall–Kier alpha value is -1.29. The lowest BCUT2D eigenvalue weighted by atomic mass is 10.1. The van der Waals surface area contributed by atoms with Crippen molar-refractivity contribution in [2.24, 2.45) is 0 Å². The van der Waals surface area contributed by atoms with Crippen molar-refractivity contribution < 1.29 is 8.78 Å². The van der Waals surface area contributed by atoms with E-state index in [4.69, 9.17) is 0 Å². The molecule has 0 radical (unpaired) electrons. The highest BCUT2D eigenvalue weighted by Crippen LogP contribution is 2.24. The minimum Gasteiger partial charge on any atom is -0.249 e. The molecule has 2 aromatic rings. The van der Waals surface area contributed by atoms with Gasteiger partial charge >= 0.3 is 0 Å². The maximum absolute atomic E-state index is 13.4. The van der Waals surface area contributed by atoms with Gasteiger partial charge < -0.3 is 0 Å². The van der Waals surface area contributed by atoms with Crippen LogP contribution in [0.25, 0.3) is 0 Å². The Morgan fingerprint density at radius 2 is 2.06 bits per heavy atom. The monoisotopic (exact) mass is 253 g/mol. The molecule has 0 unspecified atom stereocenters. The lowest BCUT2D eigenvalue weighted by Gasteiger charge is -2.00. The fraction of sp³-hybridized carbons (Fsp3) is 0.308. The van der Waals surface area contributed by atoms with E-state index >= 15 is 0 Å². The predicted molar refractivity (Wildman–Crippen MR) is 65.4 cm³/mol. The third-order valence-electron chi connectivity index (χ3n) is 2.50. The first kappa shape index (κ1) is 12.2. The molecular formula is C13H13F2NS. The number of rotatable bonds is 3. The molecule has 0 spiro atoms. The summed E-state index contributed by atoms with van der Waals surface area (Å²) in [6.45, 7) is 4.19. The number of halogens is 2. The summed E-state index contributed by atoms with van der Waals surface area (Å²) < 4.78 is 26.2. The van der Waals surface area contributed by atoms with Crippen LogP contribution in [0.3, 0.4) is 0 Å². The van der Waals surface area contributed by atoms with E-state index in [1.807, 2.05) is 6.20 Å². The Morgan fingerprint density at radius 1 is 1.29 bits per heavy atom. The summed E-state index contributed by atoms with van der Waals surface area (Å²) in [6, 6.07) is 3.66. The van der Waals surface area contributed by atoms with E-state index in [2.05, 4.69) is 18.8 Å². The number of benzene rings is 1. The summed E-state index contributed by atoms with van der Waals surface area (Å²) in [4.78, 5) is 5.44. The van der Waals surface area contributed by atoms with Crippen LogP contribution in [0.15, 0.2) is 24.4 Å². The van der Waals surface area contributed by atoms with Crippen LogP contribution in [0.2, 0.25) is 0 Å². The van der Waals surface area contributed by atoms with Crippen LogP contribution in [0.1, 0.15) is 35.2 Å². The number of thiazole rings is 1. The van der Waals surface area contributed by atoms with Gasteiger partial charge in [-0.2, -0.15) is 0 Å². The van der Waals surface area contributed by atoms with Crippen molar-refractivity contribution >= 4 is 11.3 Å². The number of aromatic nitrogens is 1. The molecule has 0 bridgehead atoms. The van der Waals surface area contributed by atoms with E-state index in [-0.39, 0.29) is 0 Å². The standard InChI is InChI=1S/C13H13F2NS/c1-8(2)12-7-16-13(17-12)5-9-3-4-10(14)6-11(9)15/h3-4,6-8H,5H2,1-2H3. The first-order valence-electron chi connectivity index (χ1n) is 5.45. The fourth-order valence-corrected chi connectivity index (χ4v) is 2.45. The normalized spacial score (nSPS) is 11.1. The lowest BCUT2D eigenvalue weighted by Crippen LogP contribution is -1.92.